The predicted octanol–water partition coefficient (Wildman–Crippen LogP) is 4.15. The fraction of sp³-hybridized carbons (Fsp3) is 0.211. The number of nitrogens with one attached hydrogen (secondary N) is 1. The lowest BCUT2D eigenvalue weighted by atomic mass is 10.1. The maximum absolute atomic E-state index is 13.0. The Labute approximate surface area is 135 Å². The molecule has 23 heavy (non-hydrogen) atoms. The van der Waals surface area contributed by atoms with E-state index in [0.29, 0.717) is 12.1 Å². The molecule has 4 heteroatoms. The first kappa shape index (κ1) is 15.2. The van der Waals surface area contributed by atoms with Crippen molar-refractivity contribution in [2.45, 2.75) is 13.8 Å². The number of anilines is 1. The highest BCUT2D eigenvalue weighted by Gasteiger charge is 2.20. The summed E-state index contributed by atoms with van der Waals surface area (Å²) in [7, 11) is 1.63. The predicted molar refractivity (Wildman–Crippen MR) is 93.4 cm³/mol. The first-order chi connectivity index (χ1) is 11.1. The smallest absolute Gasteiger partial charge is 0.260 e. The molecule has 0 unspecified atom stereocenters. The van der Waals surface area contributed by atoms with Crippen molar-refractivity contribution in [2.24, 2.45) is 0 Å². The molecule has 1 heterocycles. The molecule has 0 aliphatic carbocycles. The second-order valence-electron chi connectivity index (χ2n) is 5.50. The van der Waals surface area contributed by atoms with Gasteiger partial charge in [0, 0.05) is 29.3 Å². The average Bonchev–Trinajstić information content (AvgIpc) is 2.98. The number of hydrogen-bond donors (Lipinski definition) is 1. The van der Waals surface area contributed by atoms with Crippen LogP contribution < -0.4 is 9.64 Å². The summed E-state index contributed by atoms with van der Waals surface area (Å²) in [4.78, 5) is 18.0. The third kappa shape index (κ3) is 2.80. The molecular formula is C19H20N2O2. The normalized spacial score (nSPS) is 10.7. The molecule has 0 bridgehead atoms. The first-order valence-corrected chi connectivity index (χ1v) is 7.67. The van der Waals surface area contributed by atoms with Gasteiger partial charge in [0.25, 0.3) is 5.91 Å². The van der Waals surface area contributed by atoms with Crippen molar-refractivity contribution in [3.63, 3.8) is 0 Å². The van der Waals surface area contributed by atoms with Crippen molar-refractivity contribution >= 4 is 22.5 Å². The Morgan fingerprint density at radius 1 is 1.22 bits per heavy atom. The monoisotopic (exact) mass is 308 g/mol. The van der Waals surface area contributed by atoms with Gasteiger partial charge in [-0.05, 0) is 49.7 Å². The number of H-pyrrole nitrogens is 1. The number of nitrogens with zero attached hydrogens (tertiary/aromatic N) is 1. The van der Waals surface area contributed by atoms with Crippen LogP contribution in [0.4, 0.5) is 5.69 Å². The Balaban J connectivity index is 2.04. The van der Waals surface area contributed by atoms with Gasteiger partial charge in [-0.15, -0.1) is 0 Å². The topological polar surface area (TPSA) is 45.3 Å². The van der Waals surface area contributed by atoms with Gasteiger partial charge in [0.2, 0.25) is 0 Å². The minimum absolute atomic E-state index is 0.0161. The molecule has 0 aliphatic heterocycles. The van der Waals surface area contributed by atoms with Gasteiger partial charge >= 0.3 is 0 Å². The Morgan fingerprint density at radius 2 is 2.04 bits per heavy atom. The van der Waals surface area contributed by atoms with Gasteiger partial charge in [0.15, 0.2) is 0 Å². The summed E-state index contributed by atoms with van der Waals surface area (Å²) in [6.45, 7) is 4.62. The van der Waals surface area contributed by atoms with Crippen molar-refractivity contribution < 1.29 is 9.53 Å². The number of methoxy groups -OCH3 is 1. The quantitative estimate of drug-likeness (QED) is 0.787. The maximum atomic E-state index is 13.0. The van der Waals surface area contributed by atoms with Gasteiger partial charge in [-0.25, -0.2) is 0 Å². The van der Waals surface area contributed by atoms with E-state index in [1.54, 1.807) is 18.2 Å². The van der Waals surface area contributed by atoms with E-state index >= 15 is 0 Å². The van der Waals surface area contributed by atoms with Crippen molar-refractivity contribution in [3.8, 4) is 5.75 Å². The number of fused-ring (bicyclic) bond motifs is 1. The number of amides is 1. The van der Waals surface area contributed by atoms with Crippen LogP contribution in [-0.4, -0.2) is 24.5 Å². The molecular weight excluding hydrogens is 288 g/mol. The fourth-order valence-electron chi connectivity index (χ4n) is 2.79. The molecule has 1 aromatic heterocycles. The number of carbonyl (C=O) groups excluding carboxylic acids is 1. The molecule has 0 saturated carbocycles. The van der Waals surface area contributed by atoms with E-state index in [4.69, 9.17) is 4.74 Å². The number of rotatable bonds is 4. The molecule has 0 radical (unpaired) electrons. The molecule has 4 nitrogen and oxygen atoms in total. The lowest BCUT2D eigenvalue weighted by molar-refractivity contribution is 0.0990. The zero-order valence-electron chi connectivity index (χ0n) is 13.6. The summed E-state index contributed by atoms with van der Waals surface area (Å²) in [6.07, 6.45) is 1.77. The summed E-state index contributed by atoms with van der Waals surface area (Å²) in [6, 6.07) is 13.7. The third-order valence-corrected chi connectivity index (χ3v) is 3.99. The Bertz CT molecular complexity index is 851. The van der Waals surface area contributed by atoms with Gasteiger partial charge in [0.1, 0.15) is 5.75 Å². The molecule has 1 amide bonds. The number of aromatic nitrogens is 1. The lowest BCUT2D eigenvalue weighted by Crippen LogP contribution is -2.30. The van der Waals surface area contributed by atoms with Gasteiger partial charge in [0.05, 0.1) is 12.7 Å². The summed E-state index contributed by atoms with van der Waals surface area (Å²) in [5, 5.41) is 0.875. The highest BCUT2D eigenvalue weighted by Crippen LogP contribution is 2.26. The van der Waals surface area contributed by atoms with Gasteiger partial charge in [-0.3, -0.25) is 4.79 Å². The molecule has 0 saturated heterocycles. The van der Waals surface area contributed by atoms with Crippen molar-refractivity contribution in [1.82, 2.24) is 4.98 Å². The minimum atomic E-state index is -0.0161. The zero-order valence-corrected chi connectivity index (χ0v) is 13.6. The van der Waals surface area contributed by atoms with E-state index in [0.717, 1.165) is 27.9 Å². The van der Waals surface area contributed by atoms with Crippen LogP contribution in [-0.2, 0) is 0 Å². The fourth-order valence-corrected chi connectivity index (χ4v) is 2.79. The highest BCUT2D eigenvalue weighted by molar-refractivity contribution is 6.14. The number of ether oxygens (including phenoxy) is 1. The van der Waals surface area contributed by atoms with Crippen LogP contribution in [0.3, 0.4) is 0 Å². The second kappa shape index (κ2) is 6.16. The lowest BCUT2D eigenvalue weighted by Gasteiger charge is -2.21. The first-order valence-electron chi connectivity index (χ1n) is 7.67. The third-order valence-electron chi connectivity index (χ3n) is 3.99. The van der Waals surface area contributed by atoms with E-state index < -0.39 is 0 Å². The molecule has 3 aromatic rings. The van der Waals surface area contributed by atoms with Crippen LogP contribution in [0.15, 0.2) is 48.7 Å². The summed E-state index contributed by atoms with van der Waals surface area (Å²) >= 11 is 0. The number of aromatic amines is 1. The second-order valence-corrected chi connectivity index (χ2v) is 5.50. The molecule has 2 aromatic carbocycles. The van der Waals surface area contributed by atoms with Crippen LogP contribution in [0.25, 0.3) is 10.9 Å². The van der Waals surface area contributed by atoms with Crippen LogP contribution in [0, 0.1) is 6.92 Å². The van der Waals surface area contributed by atoms with Gasteiger partial charge in [-0.2, -0.15) is 0 Å². The van der Waals surface area contributed by atoms with Crippen molar-refractivity contribution in [3.05, 3.63) is 59.8 Å². The summed E-state index contributed by atoms with van der Waals surface area (Å²) < 4.78 is 5.27. The molecule has 0 aliphatic rings. The SMILES string of the molecule is CCN(C(=O)c1c[nH]c2ccc(OC)cc12)c1cccc(C)c1. The molecule has 0 atom stereocenters. The number of hydrogen-bond acceptors (Lipinski definition) is 2. The molecule has 1 N–H and O–H groups in total. The zero-order chi connectivity index (χ0) is 16.4. The summed E-state index contributed by atoms with van der Waals surface area (Å²) in [5.74, 6) is 0.724. The molecule has 3 rings (SSSR count). The number of carbonyl (C=O) groups is 1. The summed E-state index contributed by atoms with van der Waals surface area (Å²) in [5.41, 5.74) is 3.63. The highest BCUT2D eigenvalue weighted by atomic mass is 16.5. The van der Waals surface area contributed by atoms with Crippen molar-refractivity contribution in [2.75, 3.05) is 18.6 Å². The van der Waals surface area contributed by atoms with Crippen molar-refractivity contribution in [1.29, 1.82) is 0 Å². The standard InChI is InChI=1S/C19H20N2O2/c1-4-21(14-7-5-6-13(2)10-14)19(22)17-12-20-18-9-8-15(23-3)11-16(17)18/h5-12,20H,4H2,1-3H3. The Kier molecular flexibility index (Phi) is 4.06. The largest absolute Gasteiger partial charge is 0.497 e. The van der Waals surface area contributed by atoms with Crippen LogP contribution >= 0.6 is 0 Å². The van der Waals surface area contributed by atoms with Gasteiger partial charge in [-0.1, -0.05) is 12.1 Å². The van der Waals surface area contributed by atoms with E-state index in [-0.39, 0.29) is 5.91 Å². The van der Waals surface area contributed by atoms with E-state index in [1.165, 1.54) is 0 Å². The average molecular weight is 308 g/mol. The van der Waals surface area contributed by atoms with E-state index in [2.05, 4.69) is 4.98 Å². The van der Waals surface area contributed by atoms with Crippen LogP contribution in [0.1, 0.15) is 22.8 Å². The molecule has 0 fully saturated rings. The number of aryl methyl sites for hydroxylation is 1. The van der Waals surface area contributed by atoms with Crippen LogP contribution in [0.5, 0.6) is 5.75 Å². The van der Waals surface area contributed by atoms with E-state index in [1.807, 2.05) is 56.3 Å². The number of benzene rings is 2. The minimum Gasteiger partial charge on any atom is -0.497 e. The maximum Gasteiger partial charge on any atom is 0.260 e. The van der Waals surface area contributed by atoms with Crippen LogP contribution in [0.2, 0.25) is 0 Å². The molecule has 0 spiro atoms. The van der Waals surface area contributed by atoms with E-state index in [9.17, 15) is 4.79 Å². The Hall–Kier alpha value is -2.75. The van der Waals surface area contributed by atoms with Gasteiger partial charge < -0.3 is 14.6 Å². The Morgan fingerprint density at radius 3 is 2.74 bits per heavy atom. The molecule has 118 valence electrons.